The Morgan fingerprint density at radius 1 is 1.47 bits per heavy atom. The number of anilines is 1. The smallest absolute Gasteiger partial charge is 0.179 e. The van der Waals surface area contributed by atoms with E-state index >= 15 is 0 Å². The maximum Gasteiger partial charge on any atom is 0.179 e. The summed E-state index contributed by atoms with van der Waals surface area (Å²) in [5.41, 5.74) is 6.14. The van der Waals surface area contributed by atoms with E-state index in [0.717, 1.165) is 6.26 Å². The summed E-state index contributed by atoms with van der Waals surface area (Å²) in [5.74, 6) is 0.00796. The van der Waals surface area contributed by atoms with Crippen LogP contribution in [-0.4, -0.2) is 29.4 Å². The van der Waals surface area contributed by atoms with E-state index in [1.54, 1.807) is 13.2 Å². The molecule has 0 radical (unpaired) electrons. The summed E-state index contributed by atoms with van der Waals surface area (Å²) in [5, 5.41) is 4.62. The van der Waals surface area contributed by atoms with E-state index in [2.05, 4.69) is 10.1 Å². The van der Waals surface area contributed by atoms with Crippen LogP contribution in [0.15, 0.2) is 17.2 Å². The zero-order valence-electron chi connectivity index (χ0n) is 8.30. The summed E-state index contributed by atoms with van der Waals surface area (Å²) in [7, 11) is -1.62. The standard InChI is InChI=1S/C8H10N4O2S/c1-12-8-5(4-10-12)3-6(7(9)11-8)15(2,13)14/h3-4H,1-2H3,(H2,9,11). The fourth-order valence-electron chi connectivity index (χ4n) is 1.37. The van der Waals surface area contributed by atoms with E-state index in [1.165, 1.54) is 10.7 Å². The van der Waals surface area contributed by atoms with Gasteiger partial charge in [-0.2, -0.15) is 5.10 Å². The molecule has 7 heteroatoms. The monoisotopic (exact) mass is 226 g/mol. The number of aromatic nitrogens is 3. The molecule has 2 N–H and O–H groups in total. The summed E-state index contributed by atoms with van der Waals surface area (Å²) >= 11 is 0. The van der Waals surface area contributed by atoms with Crippen LogP contribution in [0.1, 0.15) is 0 Å². The summed E-state index contributed by atoms with van der Waals surface area (Å²) in [6.07, 6.45) is 2.65. The lowest BCUT2D eigenvalue weighted by Crippen LogP contribution is -2.05. The van der Waals surface area contributed by atoms with E-state index in [0.29, 0.717) is 11.0 Å². The third-order valence-corrected chi connectivity index (χ3v) is 3.23. The van der Waals surface area contributed by atoms with Gasteiger partial charge in [-0.25, -0.2) is 13.4 Å². The van der Waals surface area contributed by atoms with Gasteiger partial charge in [-0.05, 0) is 6.07 Å². The molecule has 0 saturated carbocycles. The number of nitrogens with zero attached hydrogens (tertiary/aromatic N) is 3. The molecule has 0 aromatic carbocycles. The van der Waals surface area contributed by atoms with Crippen LogP contribution in [0.3, 0.4) is 0 Å². The first-order valence-corrected chi connectivity index (χ1v) is 6.07. The van der Waals surface area contributed by atoms with Crippen molar-refractivity contribution >= 4 is 26.7 Å². The van der Waals surface area contributed by atoms with Crippen molar-refractivity contribution in [3.8, 4) is 0 Å². The zero-order chi connectivity index (χ0) is 11.2. The molecule has 15 heavy (non-hydrogen) atoms. The van der Waals surface area contributed by atoms with Crippen molar-refractivity contribution in [1.29, 1.82) is 0 Å². The molecule has 2 rings (SSSR count). The van der Waals surface area contributed by atoms with Crippen LogP contribution in [-0.2, 0) is 16.9 Å². The Morgan fingerprint density at radius 2 is 2.13 bits per heavy atom. The van der Waals surface area contributed by atoms with E-state index in [-0.39, 0.29) is 10.7 Å². The topological polar surface area (TPSA) is 90.9 Å². The van der Waals surface area contributed by atoms with Gasteiger partial charge in [-0.1, -0.05) is 0 Å². The number of hydrogen-bond acceptors (Lipinski definition) is 5. The fraction of sp³-hybridized carbons (Fsp3) is 0.250. The Bertz CT molecular complexity index is 629. The second kappa shape index (κ2) is 2.93. The molecule has 6 nitrogen and oxygen atoms in total. The third kappa shape index (κ3) is 1.54. The maximum absolute atomic E-state index is 11.4. The van der Waals surface area contributed by atoms with Gasteiger partial charge >= 0.3 is 0 Å². The Morgan fingerprint density at radius 3 is 2.73 bits per heavy atom. The normalized spacial score (nSPS) is 12.1. The number of hydrogen-bond donors (Lipinski definition) is 1. The minimum atomic E-state index is -3.34. The minimum absolute atomic E-state index is 0.00796. The number of aryl methyl sites for hydroxylation is 1. The zero-order valence-corrected chi connectivity index (χ0v) is 9.11. The summed E-state index contributed by atoms with van der Waals surface area (Å²) < 4.78 is 24.3. The van der Waals surface area contributed by atoms with Gasteiger partial charge in [0.1, 0.15) is 10.7 Å². The average molecular weight is 226 g/mol. The highest BCUT2D eigenvalue weighted by molar-refractivity contribution is 7.90. The number of sulfone groups is 1. The van der Waals surface area contributed by atoms with Crippen molar-refractivity contribution in [2.24, 2.45) is 7.05 Å². The van der Waals surface area contributed by atoms with Crippen LogP contribution in [0.25, 0.3) is 11.0 Å². The largest absolute Gasteiger partial charge is 0.383 e. The first-order chi connectivity index (χ1) is 6.89. The molecule has 80 valence electrons. The molecule has 2 aromatic heterocycles. The van der Waals surface area contributed by atoms with Gasteiger partial charge in [0, 0.05) is 18.7 Å². The molecule has 2 heterocycles. The Kier molecular flexibility index (Phi) is 1.93. The van der Waals surface area contributed by atoms with Crippen molar-refractivity contribution in [2.75, 3.05) is 12.0 Å². The number of fused-ring (bicyclic) bond motifs is 1. The Hall–Kier alpha value is -1.63. The predicted molar refractivity (Wildman–Crippen MR) is 56.0 cm³/mol. The second-order valence-corrected chi connectivity index (χ2v) is 5.31. The van der Waals surface area contributed by atoms with Crippen LogP contribution < -0.4 is 5.73 Å². The van der Waals surface area contributed by atoms with Gasteiger partial charge in [0.25, 0.3) is 0 Å². The van der Waals surface area contributed by atoms with Gasteiger partial charge in [0.05, 0.1) is 6.20 Å². The highest BCUT2D eigenvalue weighted by Crippen LogP contribution is 2.21. The lowest BCUT2D eigenvalue weighted by molar-refractivity contribution is 0.602. The number of pyridine rings is 1. The minimum Gasteiger partial charge on any atom is -0.383 e. The molecular formula is C8H10N4O2S. The van der Waals surface area contributed by atoms with Crippen LogP contribution >= 0.6 is 0 Å². The van der Waals surface area contributed by atoms with Crippen molar-refractivity contribution < 1.29 is 8.42 Å². The van der Waals surface area contributed by atoms with Gasteiger partial charge < -0.3 is 5.73 Å². The highest BCUT2D eigenvalue weighted by atomic mass is 32.2. The molecule has 0 aliphatic rings. The van der Waals surface area contributed by atoms with Crippen molar-refractivity contribution in [3.63, 3.8) is 0 Å². The first kappa shape index (κ1) is 9.91. The molecule has 0 amide bonds. The molecule has 0 atom stereocenters. The van der Waals surface area contributed by atoms with Gasteiger partial charge in [0.2, 0.25) is 0 Å². The maximum atomic E-state index is 11.4. The van der Waals surface area contributed by atoms with Gasteiger partial charge in [0.15, 0.2) is 15.5 Å². The summed E-state index contributed by atoms with van der Waals surface area (Å²) in [6.45, 7) is 0. The third-order valence-electron chi connectivity index (χ3n) is 2.10. The number of nitrogens with two attached hydrogens (primary N) is 1. The van der Waals surface area contributed by atoms with Crippen molar-refractivity contribution in [1.82, 2.24) is 14.8 Å². The molecule has 2 aromatic rings. The number of nitrogen functional groups attached to an aromatic ring is 1. The SMILES string of the molecule is Cn1ncc2cc(S(C)(=O)=O)c(N)nc21. The second-order valence-electron chi connectivity index (χ2n) is 3.32. The molecule has 0 unspecified atom stereocenters. The molecule has 0 bridgehead atoms. The predicted octanol–water partition coefficient (Wildman–Crippen LogP) is -0.0460. The number of rotatable bonds is 1. The van der Waals surface area contributed by atoms with Crippen molar-refractivity contribution in [3.05, 3.63) is 12.3 Å². The van der Waals surface area contributed by atoms with Gasteiger partial charge in [-0.15, -0.1) is 0 Å². The molecule has 0 aliphatic carbocycles. The first-order valence-electron chi connectivity index (χ1n) is 4.18. The lowest BCUT2D eigenvalue weighted by Gasteiger charge is -2.02. The highest BCUT2D eigenvalue weighted by Gasteiger charge is 2.15. The quantitative estimate of drug-likeness (QED) is 0.736. The summed E-state index contributed by atoms with van der Waals surface area (Å²) in [6, 6.07) is 1.49. The van der Waals surface area contributed by atoms with Crippen molar-refractivity contribution in [2.45, 2.75) is 4.90 Å². The molecule has 0 fully saturated rings. The average Bonchev–Trinajstić information content (AvgIpc) is 2.45. The van der Waals surface area contributed by atoms with Crippen LogP contribution in [0, 0.1) is 0 Å². The molecule has 0 saturated heterocycles. The summed E-state index contributed by atoms with van der Waals surface area (Å²) in [4.78, 5) is 4.05. The van der Waals surface area contributed by atoms with E-state index in [4.69, 9.17) is 5.73 Å². The molecule has 0 aliphatic heterocycles. The fourth-order valence-corrected chi connectivity index (χ4v) is 2.13. The van der Waals surface area contributed by atoms with E-state index in [1.807, 2.05) is 0 Å². The van der Waals surface area contributed by atoms with Crippen LogP contribution in [0.5, 0.6) is 0 Å². The van der Waals surface area contributed by atoms with E-state index in [9.17, 15) is 8.42 Å². The molecular weight excluding hydrogens is 216 g/mol. The Balaban J connectivity index is 2.86. The van der Waals surface area contributed by atoms with Crippen LogP contribution in [0.4, 0.5) is 5.82 Å². The molecule has 0 spiro atoms. The van der Waals surface area contributed by atoms with Gasteiger partial charge in [-0.3, -0.25) is 4.68 Å². The Labute approximate surface area is 86.6 Å². The lowest BCUT2D eigenvalue weighted by atomic mass is 10.3. The van der Waals surface area contributed by atoms with Crippen LogP contribution in [0.2, 0.25) is 0 Å². The van der Waals surface area contributed by atoms with E-state index < -0.39 is 9.84 Å².